The van der Waals surface area contributed by atoms with Crippen LogP contribution >= 0.6 is 11.6 Å². The highest BCUT2D eigenvalue weighted by atomic mass is 35.5. The molecule has 0 unspecified atom stereocenters. The number of benzene rings is 2. The lowest BCUT2D eigenvalue weighted by Crippen LogP contribution is -2.30. The number of hydrogen-bond acceptors (Lipinski definition) is 2. The molecular formula is C16H15ClFNO2. The molecule has 0 heterocycles. The molecule has 0 aliphatic rings. The van der Waals surface area contributed by atoms with Crippen molar-refractivity contribution in [3.8, 4) is 5.75 Å². The molecule has 0 spiro atoms. The van der Waals surface area contributed by atoms with Gasteiger partial charge in [0, 0.05) is 10.7 Å². The number of anilines is 1. The second-order valence-corrected chi connectivity index (χ2v) is 5.07. The van der Waals surface area contributed by atoms with Gasteiger partial charge in [-0.3, -0.25) is 4.79 Å². The number of amides is 1. The first kappa shape index (κ1) is 15.3. The predicted molar refractivity (Wildman–Crippen MR) is 81.3 cm³/mol. The van der Waals surface area contributed by atoms with Crippen molar-refractivity contribution < 1.29 is 13.9 Å². The number of ether oxygens (including phenoxy) is 1. The molecule has 0 saturated heterocycles. The molecule has 0 radical (unpaired) electrons. The van der Waals surface area contributed by atoms with Crippen molar-refractivity contribution in [1.29, 1.82) is 0 Å². The van der Waals surface area contributed by atoms with Crippen molar-refractivity contribution in [2.24, 2.45) is 0 Å². The summed E-state index contributed by atoms with van der Waals surface area (Å²) in [5, 5.41) is 3.30. The molecule has 0 fully saturated rings. The van der Waals surface area contributed by atoms with E-state index >= 15 is 0 Å². The van der Waals surface area contributed by atoms with E-state index < -0.39 is 6.10 Å². The van der Waals surface area contributed by atoms with Crippen molar-refractivity contribution in [2.75, 3.05) is 5.32 Å². The Morgan fingerprint density at radius 1 is 1.24 bits per heavy atom. The van der Waals surface area contributed by atoms with Crippen molar-refractivity contribution >= 4 is 23.2 Å². The smallest absolute Gasteiger partial charge is 0.265 e. The van der Waals surface area contributed by atoms with Gasteiger partial charge in [0.1, 0.15) is 11.6 Å². The fourth-order valence-electron chi connectivity index (χ4n) is 1.73. The van der Waals surface area contributed by atoms with E-state index in [-0.39, 0.29) is 11.7 Å². The molecular weight excluding hydrogens is 293 g/mol. The van der Waals surface area contributed by atoms with Crippen LogP contribution in [0, 0.1) is 12.7 Å². The summed E-state index contributed by atoms with van der Waals surface area (Å²) >= 11 is 5.93. The lowest BCUT2D eigenvalue weighted by Gasteiger charge is -2.15. The van der Waals surface area contributed by atoms with E-state index in [2.05, 4.69) is 5.32 Å². The first-order valence-electron chi connectivity index (χ1n) is 6.45. The van der Waals surface area contributed by atoms with E-state index in [1.54, 1.807) is 25.1 Å². The zero-order valence-corrected chi connectivity index (χ0v) is 12.4. The summed E-state index contributed by atoms with van der Waals surface area (Å²) in [5.41, 5.74) is 1.39. The largest absolute Gasteiger partial charge is 0.481 e. The molecule has 1 N–H and O–H groups in total. The Labute approximate surface area is 127 Å². The van der Waals surface area contributed by atoms with Crippen LogP contribution in [0.5, 0.6) is 5.75 Å². The quantitative estimate of drug-likeness (QED) is 0.919. The average Bonchev–Trinajstić information content (AvgIpc) is 2.45. The van der Waals surface area contributed by atoms with E-state index in [0.717, 1.165) is 5.56 Å². The minimum Gasteiger partial charge on any atom is -0.481 e. The van der Waals surface area contributed by atoms with Crippen LogP contribution in [-0.2, 0) is 4.79 Å². The van der Waals surface area contributed by atoms with Crippen molar-refractivity contribution in [1.82, 2.24) is 0 Å². The number of carbonyl (C=O) groups excluding carboxylic acids is 1. The second-order valence-electron chi connectivity index (χ2n) is 4.67. The van der Waals surface area contributed by atoms with Crippen LogP contribution in [-0.4, -0.2) is 12.0 Å². The summed E-state index contributed by atoms with van der Waals surface area (Å²) in [6.45, 7) is 3.50. The molecule has 2 aromatic carbocycles. The number of hydrogen-bond donors (Lipinski definition) is 1. The third-order valence-electron chi connectivity index (χ3n) is 2.92. The number of carbonyl (C=O) groups is 1. The van der Waals surface area contributed by atoms with Gasteiger partial charge in [-0.25, -0.2) is 4.39 Å². The molecule has 0 aliphatic heterocycles. The third kappa shape index (κ3) is 4.20. The monoisotopic (exact) mass is 307 g/mol. The Hall–Kier alpha value is -2.07. The van der Waals surface area contributed by atoms with Crippen molar-refractivity contribution in [2.45, 2.75) is 20.0 Å². The van der Waals surface area contributed by atoms with Gasteiger partial charge in [0.05, 0.1) is 0 Å². The number of nitrogens with one attached hydrogen (secondary N) is 1. The van der Waals surface area contributed by atoms with Crippen molar-refractivity contribution in [3.05, 3.63) is 58.9 Å². The van der Waals surface area contributed by atoms with Gasteiger partial charge in [0.2, 0.25) is 0 Å². The van der Waals surface area contributed by atoms with Gasteiger partial charge in [0.25, 0.3) is 5.91 Å². The van der Waals surface area contributed by atoms with Crippen LogP contribution < -0.4 is 10.1 Å². The minimum absolute atomic E-state index is 0.311. The van der Waals surface area contributed by atoms with Gasteiger partial charge in [-0.15, -0.1) is 0 Å². The highest BCUT2D eigenvalue weighted by Crippen LogP contribution is 2.22. The third-order valence-corrected chi connectivity index (χ3v) is 3.35. The molecule has 0 aromatic heterocycles. The topological polar surface area (TPSA) is 38.3 Å². The molecule has 0 saturated carbocycles. The van der Waals surface area contributed by atoms with E-state index in [1.165, 1.54) is 24.3 Å². The zero-order chi connectivity index (χ0) is 15.4. The maximum absolute atomic E-state index is 12.8. The molecule has 0 aliphatic carbocycles. The Kier molecular flexibility index (Phi) is 4.81. The zero-order valence-electron chi connectivity index (χ0n) is 11.7. The van der Waals surface area contributed by atoms with Crippen LogP contribution in [0.25, 0.3) is 0 Å². The molecule has 3 nitrogen and oxygen atoms in total. The standard InChI is InChI=1S/C16H15ClFNO2/c1-10-9-14(7-8-15(10)17)21-11(2)16(20)19-13-5-3-12(18)4-6-13/h3-9,11H,1-2H3,(H,19,20)/t11-/m1/s1. The average molecular weight is 308 g/mol. The number of halogens is 2. The van der Waals surface area contributed by atoms with Gasteiger partial charge in [0.15, 0.2) is 6.10 Å². The molecule has 5 heteroatoms. The summed E-state index contributed by atoms with van der Waals surface area (Å²) in [4.78, 5) is 12.0. The Morgan fingerprint density at radius 2 is 1.90 bits per heavy atom. The van der Waals surface area contributed by atoms with Gasteiger partial charge >= 0.3 is 0 Å². The highest BCUT2D eigenvalue weighted by molar-refractivity contribution is 6.31. The van der Waals surface area contributed by atoms with E-state index in [1.807, 2.05) is 6.92 Å². The second kappa shape index (κ2) is 6.59. The summed E-state index contributed by atoms with van der Waals surface area (Å²) in [6.07, 6.45) is -0.685. The lowest BCUT2D eigenvalue weighted by atomic mass is 10.2. The summed E-state index contributed by atoms with van der Waals surface area (Å²) in [5.74, 6) is -0.0956. The van der Waals surface area contributed by atoms with Gasteiger partial charge < -0.3 is 10.1 Å². The summed E-state index contributed by atoms with van der Waals surface area (Å²) in [7, 11) is 0. The van der Waals surface area contributed by atoms with E-state index in [0.29, 0.717) is 16.5 Å². The van der Waals surface area contributed by atoms with Crippen LogP contribution in [0.2, 0.25) is 5.02 Å². The Balaban J connectivity index is 1.98. The maximum atomic E-state index is 12.8. The SMILES string of the molecule is Cc1cc(O[C@H](C)C(=O)Nc2ccc(F)cc2)ccc1Cl. The molecule has 2 aromatic rings. The van der Waals surface area contributed by atoms with Crippen LogP contribution in [0.3, 0.4) is 0 Å². The fraction of sp³-hybridized carbons (Fsp3) is 0.188. The first-order valence-corrected chi connectivity index (χ1v) is 6.83. The first-order chi connectivity index (χ1) is 9.95. The van der Waals surface area contributed by atoms with Crippen LogP contribution in [0.4, 0.5) is 10.1 Å². The van der Waals surface area contributed by atoms with E-state index in [9.17, 15) is 9.18 Å². The van der Waals surface area contributed by atoms with Gasteiger partial charge in [-0.1, -0.05) is 11.6 Å². The molecule has 110 valence electrons. The molecule has 1 amide bonds. The van der Waals surface area contributed by atoms with Crippen LogP contribution in [0.1, 0.15) is 12.5 Å². The van der Waals surface area contributed by atoms with Gasteiger partial charge in [-0.05, 0) is 61.9 Å². The fourth-order valence-corrected chi connectivity index (χ4v) is 1.84. The highest BCUT2D eigenvalue weighted by Gasteiger charge is 2.15. The lowest BCUT2D eigenvalue weighted by molar-refractivity contribution is -0.122. The Morgan fingerprint density at radius 3 is 2.52 bits per heavy atom. The summed E-state index contributed by atoms with van der Waals surface area (Å²) in [6, 6.07) is 10.7. The minimum atomic E-state index is -0.685. The maximum Gasteiger partial charge on any atom is 0.265 e. The normalized spacial score (nSPS) is 11.8. The van der Waals surface area contributed by atoms with E-state index in [4.69, 9.17) is 16.3 Å². The molecule has 2 rings (SSSR count). The van der Waals surface area contributed by atoms with Gasteiger partial charge in [-0.2, -0.15) is 0 Å². The molecule has 0 bridgehead atoms. The number of aryl methyl sites for hydroxylation is 1. The predicted octanol–water partition coefficient (Wildman–Crippen LogP) is 4.19. The van der Waals surface area contributed by atoms with Crippen LogP contribution in [0.15, 0.2) is 42.5 Å². The number of rotatable bonds is 4. The van der Waals surface area contributed by atoms with Crippen molar-refractivity contribution in [3.63, 3.8) is 0 Å². The molecule has 21 heavy (non-hydrogen) atoms. The molecule has 1 atom stereocenters. The Bertz CT molecular complexity index is 643. The summed E-state index contributed by atoms with van der Waals surface area (Å²) < 4.78 is 18.4.